The van der Waals surface area contributed by atoms with E-state index in [9.17, 15) is 4.79 Å². The van der Waals surface area contributed by atoms with E-state index >= 15 is 0 Å². The third-order valence-electron chi connectivity index (χ3n) is 3.66. The molecule has 0 radical (unpaired) electrons. The Kier molecular flexibility index (Phi) is 5.50. The van der Waals surface area contributed by atoms with Crippen LogP contribution in [-0.2, 0) is 4.79 Å². The fourth-order valence-electron chi connectivity index (χ4n) is 2.46. The van der Waals surface area contributed by atoms with Crippen LogP contribution in [0.2, 0.25) is 5.02 Å². The largest absolute Gasteiger partial charge is 0.495 e. The molecule has 0 bridgehead atoms. The SMILES string of the molecule is COc1ccc(Cl)cc1NC(=O)CCNc1ccc2c(c1)OCCO2. The lowest BCUT2D eigenvalue weighted by Gasteiger charge is -2.19. The maximum Gasteiger partial charge on any atom is 0.226 e. The van der Waals surface area contributed by atoms with Crippen LogP contribution in [0, 0.1) is 0 Å². The van der Waals surface area contributed by atoms with Crippen LogP contribution in [0.1, 0.15) is 6.42 Å². The minimum atomic E-state index is -0.134. The number of carbonyl (C=O) groups excluding carboxylic acids is 1. The molecule has 3 rings (SSSR count). The first-order chi connectivity index (χ1) is 12.2. The molecular weight excluding hydrogens is 344 g/mol. The molecule has 0 aliphatic carbocycles. The molecule has 1 aliphatic heterocycles. The molecule has 2 N–H and O–H groups in total. The van der Waals surface area contributed by atoms with E-state index in [0.717, 1.165) is 11.4 Å². The Labute approximate surface area is 151 Å². The average molecular weight is 363 g/mol. The van der Waals surface area contributed by atoms with Gasteiger partial charge >= 0.3 is 0 Å². The van der Waals surface area contributed by atoms with Crippen molar-refractivity contribution in [2.75, 3.05) is 37.5 Å². The third-order valence-corrected chi connectivity index (χ3v) is 3.89. The summed E-state index contributed by atoms with van der Waals surface area (Å²) in [5.41, 5.74) is 1.43. The van der Waals surface area contributed by atoms with E-state index in [1.807, 2.05) is 18.2 Å². The van der Waals surface area contributed by atoms with Crippen LogP contribution in [0.3, 0.4) is 0 Å². The Morgan fingerprint density at radius 2 is 1.96 bits per heavy atom. The van der Waals surface area contributed by atoms with Crippen LogP contribution >= 0.6 is 11.6 Å². The molecule has 6 nitrogen and oxygen atoms in total. The lowest BCUT2D eigenvalue weighted by Crippen LogP contribution is -2.17. The summed E-state index contributed by atoms with van der Waals surface area (Å²) < 4.78 is 16.2. The number of methoxy groups -OCH3 is 1. The standard InChI is InChI=1S/C18H19ClN2O4/c1-23-15-4-2-12(19)10-14(15)21-18(22)6-7-20-13-3-5-16-17(11-13)25-9-8-24-16/h2-5,10-11,20H,6-9H2,1H3,(H,21,22). The molecule has 1 amide bonds. The Balaban J connectivity index is 1.52. The number of anilines is 2. The summed E-state index contributed by atoms with van der Waals surface area (Å²) in [4.78, 5) is 12.1. The van der Waals surface area contributed by atoms with Gasteiger partial charge in [0, 0.05) is 29.7 Å². The lowest BCUT2D eigenvalue weighted by atomic mass is 10.2. The fourth-order valence-corrected chi connectivity index (χ4v) is 2.64. The highest BCUT2D eigenvalue weighted by Crippen LogP contribution is 2.32. The van der Waals surface area contributed by atoms with Gasteiger partial charge in [0.2, 0.25) is 5.91 Å². The summed E-state index contributed by atoms with van der Waals surface area (Å²) in [6.07, 6.45) is 0.296. The third kappa shape index (κ3) is 4.48. The highest BCUT2D eigenvalue weighted by Gasteiger charge is 2.12. The molecule has 0 unspecified atom stereocenters. The number of carbonyl (C=O) groups is 1. The van der Waals surface area contributed by atoms with Crippen molar-refractivity contribution in [1.29, 1.82) is 0 Å². The second-order valence-corrected chi connectivity index (χ2v) is 5.86. The van der Waals surface area contributed by atoms with Crippen molar-refractivity contribution >= 4 is 28.9 Å². The van der Waals surface area contributed by atoms with Gasteiger partial charge in [-0.1, -0.05) is 11.6 Å². The predicted octanol–water partition coefficient (Wildman–Crippen LogP) is 3.56. The number of amides is 1. The van der Waals surface area contributed by atoms with Crippen molar-refractivity contribution in [2.45, 2.75) is 6.42 Å². The summed E-state index contributed by atoms with van der Waals surface area (Å²) in [6, 6.07) is 10.7. The van der Waals surface area contributed by atoms with Crippen LogP contribution < -0.4 is 24.8 Å². The summed E-state index contributed by atoms with van der Waals surface area (Å²) >= 11 is 5.96. The molecule has 7 heteroatoms. The van der Waals surface area contributed by atoms with Crippen molar-refractivity contribution < 1.29 is 19.0 Å². The van der Waals surface area contributed by atoms with Gasteiger partial charge in [-0.05, 0) is 30.3 Å². The number of ether oxygens (including phenoxy) is 3. The van der Waals surface area contributed by atoms with Crippen molar-refractivity contribution in [3.05, 3.63) is 41.4 Å². The summed E-state index contributed by atoms with van der Waals surface area (Å²) in [6.45, 7) is 1.58. The molecule has 0 atom stereocenters. The van der Waals surface area contributed by atoms with Crippen LogP contribution in [0.5, 0.6) is 17.2 Å². The van der Waals surface area contributed by atoms with Crippen LogP contribution in [0.25, 0.3) is 0 Å². The second-order valence-electron chi connectivity index (χ2n) is 5.43. The van der Waals surface area contributed by atoms with E-state index in [4.69, 9.17) is 25.8 Å². The smallest absolute Gasteiger partial charge is 0.226 e. The molecule has 0 saturated heterocycles. The molecule has 0 saturated carbocycles. The second kappa shape index (κ2) is 7.98. The summed E-state index contributed by atoms with van der Waals surface area (Å²) in [5.74, 6) is 1.88. The molecule has 0 aromatic heterocycles. The highest BCUT2D eigenvalue weighted by atomic mass is 35.5. The molecule has 1 heterocycles. The van der Waals surface area contributed by atoms with Gasteiger partial charge in [0.25, 0.3) is 0 Å². The number of rotatable bonds is 6. The normalized spacial score (nSPS) is 12.4. The van der Waals surface area contributed by atoms with Gasteiger partial charge in [-0.2, -0.15) is 0 Å². The van der Waals surface area contributed by atoms with E-state index in [2.05, 4.69) is 10.6 Å². The quantitative estimate of drug-likeness (QED) is 0.822. The van der Waals surface area contributed by atoms with Crippen molar-refractivity contribution in [1.82, 2.24) is 0 Å². The first kappa shape index (κ1) is 17.2. The van der Waals surface area contributed by atoms with Gasteiger partial charge in [-0.3, -0.25) is 4.79 Å². The number of benzene rings is 2. The zero-order chi connectivity index (χ0) is 17.6. The molecule has 25 heavy (non-hydrogen) atoms. The number of fused-ring (bicyclic) bond motifs is 1. The fraction of sp³-hybridized carbons (Fsp3) is 0.278. The van der Waals surface area contributed by atoms with Gasteiger partial charge in [0.1, 0.15) is 19.0 Å². The van der Waals surface area contributed by atoms with Crippen molar-refractivity contribution in [2.24, 2.45) is 0 Å². The molecule has 132 valence electrons. The minimum absolute atomic E-state index is 0.134. The molecule has 1 aliphatic rings. The van der Waals surface area contributed by atoms with E-state index in [-0.39, 0.29) is 5.91 Å². The topological polar surface area (TPSA) is 68.8 Å². The van der Waals surface area contributed by atoms with Crippen LogP contribution in [0.15, 0.2) is 36.4 Å². The minimum Gasteiger partial charge on any atom is -0.495 e. The number of hydrogen-bond donors (Lipinski definition) is 2. The van der Waals surface area contributed by atoms with E-state index in [1.54, 1.807) is 25.3 Å². The van der Waals surface area contributed by atoms with Crippen LogP contribution in [-0.4, -0.2) is 32.8 Å². The van der Waals surface area contributed by atoms with Gasteiger partial charge in [0.05, 0.1) is 12.8 Å². The Morgan fingerprint density at radius 3 is 2.76 bits per heavy atom. The molecular formula is C18H19ClN2O4. The van der Waals surface area contributed by atoms with Crippen LogP contribution in [0.4, 0.5) is 11.4 Å². The monoisotopic (exact) mass is 362 g/mol. The zero-order valence-electron chi connectivity index (χ0n) is 13.8. The molecule has 0 fully saturated rings. The number of nitrogens with one attached hydrogen (secondary N) is 2. The first-order valence-corrected chi connectivity index (χ1v) is 8.30. The van der Waals surface area contributed by atoms with E-state index in [1.165, 1.54) is 0 Å². The van der Waals surface area contributed by atoms with E-state index < -0.39 is 0 Å². The number of halogens is 1. The molecule has 2 aromatic rings. The Hall–Kier alpha value is -2.60. The maximum absolute atomic E-state index is 12.1. The predicted molar refractivity (Wildman–Crippen MR) is 97.2 cm³/mol. The first-order valence-electron chi connectivity index (χ1n) is 7.92. The summed E-state index contributed by atoms with van der Waals surface area (Å²) in [5, 5.41) is 6.54. The van der Waals surface area contributed by atoms with Crippen molar-refractivity contribution in [3.63, 3.8) is 0 Å². The van der Waals surface area contributed by atoms with Gasteiger partial charge in [-0.15, -0.1) is 0 Å². The van der Waals surface area contributed by atoms with Gasteiger partial charge in [-0.25, -0.2) is 0 Å². The highest BCUT2D eigenvalue weighted by molar-refractivity contribution is 6.31. The van der Waals surface area contributed by atoms with Gasteiger partial charge < -0.3 is 24.8 Å². The zero-order valence-corrected chi connectivity index (χ0v) is 14.6. The van der Waals surface area contributed by atoms with Crippen molar-refractivity contribution in [3.8, 4) is 17.2 Å². The van der Waals surface area contributed by atoms with E-state index in [0.29, 0.717) is 48.4 Å². The Bertz CT molecular complexity index is 767. The van der Waals surface area contributed by atoms with Gasteiger partial charge in [0.15, 0.2) is 11.5 Å². The average Bonchev–Trinajstić information content (AvgIpc) is 2.62. The number of hydrogen-bond acceptors (Lipinski definition) is 5. The Morgan fingerprint density at radius 1 is 1.16 bits per heavy atom. The summed E-state index contributed by atoms with van der Waals surface area (Å²) in [7, 11) is 1.54. The molecule has 2 aromatic carbocycles. The lowest BCUT2D eigenvalue weighted by molar-refractivity contribution is -0.116. The molecule has 0 spiro atoms. The maximum atomic E-state index is 12.1.